The summed E-state index contributed by atoms with van der Waals surface area (Å²) in [5.74, 6) is -1.76. The molecule has 0 aliphatic rings. The van der Waals surface area contributed by atoms with Crippen LogP contribution in [0.2, 0.25) is 0 Å². The third kappa shape index (κ3) is 3.79. The maximum Gasteiger partial charge on any atom is 0.336 e. The van der Waals surface area contributed by atoms with E-state index in [4.69, 9.17) is 5.11 Å². The normalized spacial score (nSPS) is 11.5. The number of carboxylic acid groups (broad SMARTS) is 1. The van der Waals surface area contributed by atoms with Crippen LogP contribution in [0.15, 0.2) is 54.6 Å². The van der Waals surface area contributed by atoms with Crippen molar-refractivity contribution in [2.24, 2.45) is 0 Å². The Bertz CT molecular complexity index is 682. The Morgan fingerprint density at radius 3 is 2.18 bits per heavy atom. The first kappa shape index (κ1) is 15.4. The molecule has 5 nitrogen and oxygen atoms in total. The largest absolute Gasteiger partial charge is 0.478 e. The van der Waals surface area contributed by atoms with E-state index >= 15 is 0 Å². The Morgan fingerprint density at radius 1 is 1.00 bits per heavy atom. The van der Waals surface area contributed by atoms with Gasteiger partial charge in [0, 0.05) is 0 Å². The van der Waals surface area contributed by atoms with Crippen LogP contribution in [0.5, 0.6) is 0 Å². The Hall–Kier alpha value is -2.95. The van der Waals surface area contributed by atoms with E-state index in [1.165, 1.54) is 12.1 Å². The molecule has 0 fully saturated rings. The highest BCUT2D eigenvalue weighted by Gasteiger charge is 2.18. The lowest BCUT2D eigenvalue weighted by molar-refractivity contribution is -0.109. The maximum absolute atomic E-state index is 12.2. The zero-order valence-electron chi connectivity index (χ0n) is 11.7. The highest BCUT2D eigenvalue weighted by Crippen LogP contribution is 2.10. The minimum absolute atomic E-state index is 0.0370. The summed E-state index contributed by atoms with van der Waals surface area (Å²) in [7, 11) is 0. The molecule has 0 aromatic heterocycles. The molecule has 2 aromatic carbocycles. The number of carbonyl (C=O) groups is 3. The molecule has 0 radical (unpaired) electrons. The predicted octanol–water partition coefficient (Wildman–Crippen LogP) is 1.92. The van der Waals surface area contributed by atoms with Gasteiger partial charge in [-0.05, 0) is 24.1 Å². The van der Waals surface area contributed by atoms with Crippen molar-refractivity contribution in [2.45, 2.75) is 12.5 Å². The summed E-state index contributed by atoms with van der Waals surface area (Å²) in [6.07, 6.45) is 1.000. The van der Waals surface area contributed by atoms with Gasteiger partial charge in [-0.3, -0.25) is 4.79 Å². The van der Waals surface area contributed by atoms with E-state index in [-0.39, 0.29) is 11.1 Å². The molecule has 0 aliphatic carbocycles. The first-order chi connectivity index (χ1) is 10.6. The molecule has 112 valence electrons. The summed E-state index contributed by atoms with van der Waals surface area (Å²) in [5.41, 5.74) is 0.852. The van der Waals surface area contributed by atoms with Crippen molar-refractivity contribution >= 4 is 18.2 Å². The average Bonchev–Trinajstić information content (AvgIpc) is 2.55. The first-order valence-electron chi connectivity index (χ1n) is 6.74. The standard InChI is InChI=1S/C17H15NO4/c19-11-13(10-12-6-2-1-3-7-12)18-16(20)14-8-4-5-9-15(14)17(21)22/h1-9,11,13H,10H2,(H,18,20)(H,21,22)/t13-/m0/s1. The number of carbonyl (C=O) groups excluding carboxylic acids is 2. The van der Waals surface area contributed by atoms with Gasteiger partial charge in [0.2, 0.25) is 0 Å². The lowest BCUT2D eigenvalue weighted by atomic mass is 10.0. The SMILES string of the molecule is O=C[C@H](Cc1ccccc1)NC(=O)c1ccccc1C(=O)O. The maximum atomic E-state index is 12.2. The predicted molar refractivity (Wildman–Crippen MR) is 80.9 cm³/mol. The van der Waals surface area contributed by atoms with Crippen molar-refractivity contribution < 1.29 is 19.5 Å². The van der Waals surface area contributed by atoms with Crippen LogP contribution < -0.4 is 5.32 Å². The average molecular weight is 297 g/mol. The number of amides is 1. The van der Waals surface area contributed by atoms with Crippen molar-refractivity contribution in [1.29, 1.82) is 0 Å². The summed E-state index contributed by atoms with van der Waals surface area (Å²) in [4.78, 5) is 34.5. The second-order valence-corrected chi connectivity index (χ2v) is 4.76. The molecule has 0 aliphatic heterocycles. The molecule has 2 N–H and O–H groups in total. The van der Waals surface area contributed by atoms with Gasteiger partial charge in [-0.15, -0.1) is 0 Å². The number of carboxylic acids is 1. The Balaban J connectivity index is 2.13. The van der Waals surface area contributed by atoms with E-state index in [0.29, 0.717) is 12.7 Å². The molecule has 0 unspecified atom stereocenters. The highest BCUT2D eigenvalue weighted by molar-refractivity contribution is 6.05. The second-order valence-electron chi connectivity index (χ2n) is 4.76. The third-order valence-electron chi connectivity index (χ3n) is 3.18. The molecule has 1 amide bonds. The van der Waals surface area contributed by atoms with Gasteiger partial charge < -0.3 is 15.2 Å². The van der Waals surface area contributed by atoms with Crippen LogP contribution in [-0.4, -0.2) is 29.3 Å². The molecular weight excluding hydrogens is 282 g/mol. The lowest BCUT2D eigenvalue weighted by Crippen LogP contribution is -2.38. The minimum atomic E-state index is -1.18. The van der Waals surface area contributed by atoms with Crippen molar-refractivity contribution in [3.05, 3.63) is 71.3 Å². The van der Waals surface area contributed by atoms with Crippen LogP contribution in [0.25, 0.3) is 0 Å². The van der Waals surface area contributed by atoms with Crippen molar-refractivity contribution in [2.75, 3.05) is 0 Å². The molecule has 0 saturated carbocycles. The zero-order chi connectivity index (χ0) is 15.9. The minimum Gasteiger partial charge on any atom is -0.478 e. The van der Waals surface area contributed by atoms with Crippen molar-refractivity contribution in [1.82, 2.24) is 5.32 Å². The van der Waals surface area contributed by atoms with Crippen molar-refractivity contribution in [3.63, 3.8) is 0 Å². The molecule has 5 heteroatoms. The second kappa shape index (κ2) is 7.17. The topological polar surface area (TPSA) is 83.5 Å². The van der Waals surface area contributed by atoms with E-state index in [0.717, 1.165) is 5.56 Å². The molecular formula is C17H15NO4. The molecule has 2 rings (SSSR count). The zero-order valence-corrected chi connectivity index (χ0v) is 11.7. The number of nitrogens with one attached hydrogen (secondary N) is 1. The van der Waals surface area contributed by atoms with Gasteiger partial charge in [-0.1, -0.05) is 42.5 Å². The number of benzene rings is 2. The molecule has 0 spiro atoms. The Morgan fingerprint density at radius 2 is 1.59 bits per heavy atom. The summed E-state index contributed by atoms with van der Waals surface area (Å²) in [5, 5.41) is 11.6. The van der Waals surface area contributed by atoms with E-state index < -0.39 is 17.9 Å². The number of rotatable bonds is 6. The molecule has 0 bridgehead atoms. The summed E-state index contributed by atoms with van der Waals surface area (Å²) < 4.78 is 0. The molecule has 1 atom stereocenters. The van der Waals surface area contributed by atoms with Gasteiger partial charge in [0.05, 0.1) is 17.2 Å². The number of hydrogen-bond acceptors (Lipinski definition) is 3. The quantitative estimate of drug-likeness (QED) is 0.798. The van der Waals surface area contributed by atoms with E-state index in [1.54, 1.807) is 12.1 Å². The van der Waals surface area contributed by atoms with Crippen LogP contribution in [0.4, 0.5) is 0 Å². The van der Waals surface area contributed by atoms with E-state index in [2.05, 4.69) is 5.32 Å². The van der Waals surface area contributed by atoms with Crippen LogP contribution in [-0.2, 0) is 11.2 Å². The number of aldehydes is 1. The van der Waals surface area contributed by atoms with Gasteiger partial charge >= 0.3 is 5.97 Å². The summed E-state index contributed by atoms with van der Waals surface area (Å²) in [6, 6.07) is 14.4. The fourth-order valence-electron chi connectivity index (χ4n) is 2.11. The molecule has 0 saturated heterocycles. The summed E-state index contributed by atoms with van der Waals surface area (Å²) in [6.45, 7) is 0. The van der Waals surface area contributed by atoms with E-state index in [1.807, 2.05) is 30.3 Å². The van der Waals surface area contributed by atoms with Gasteiger partial charge in [0.1, 0.15) is 6.29 Å². The van der Waals surface area contributed by atoms with Crippen LogP contribution in [0.1, 0.15) is 26.3 Å². The smallest absolute Gasteiger partial charge is 0.336 e. The summed E-state index contributed by atoms with van der Waals surface area (Å²) >= 11 is 0. The van der Waals surface area contributed by atoms with Gasteiger partial charge in [0.15, 0.2) is 0 Å². The lowest BCUT2D eigenvalue weighted by Gasteiger charge is -2.14. The third-order valence-corrected chi connectivity index (χ3v) is 3.18. The fourth-order valence-corrected chi connectivity index (χ4v) is 2.11. The van der Waals surface area contributed by atoms with E-state index in [9.17, 15) is 14.4 Å². The monoisotopic (exact) mass is 297 g/mol. The first-order valence-corrected chi connectivity index (χ1v) is 6.74. The van der Waals surface area contributed by atoms with Gasteiger partial charge in [0.25, 0.3) is 5.91 Å². The highest BCUT2D eigenvalue weighted by atomic mass is 16.4. The Labute approximate surface area is 127 Å². The molecule has 0 heterocycles. The van der Waals surface area contributed by atoms with Gasteiger partial charge in [-0.2, -0.15) is 0 Å². The van der Waals surface area contributed by atoms with Crippen molar-refractivity contribution in [3.8, 4) is 0 Å². The Kier molecular flexibility index (Phi) is 5.03. The van der Waals surface area contributed by atoms with Crippen LogP contribution >= 0.6 is 0 Å². The molecule has 22 heavy (non-hydrogen) atoms. The van der Waals surface area contributed by atoms with Crippen LogP contribution in [0, 0.1) is 0 Å². The number of hydrogen-bond donors (Lipinski definition) is 2. The molecule has 2 aromatic rings. The fraction of sp³-hybridized carbons (Fsp3) is 0.118. The van der Waals surface area contributed by atoms with Crippen LogP contribution in [0.3, 0.4) is 0 Å². The van der Waals surface area contributed by atoms with Gasteiger partial charge in [-0.25, -0.2) is 4.79 Å². The number of aromatic carboxylic acids is 1.